The number of rotatable bonds is 5. The average molecular weight is 286 g/mol. The summed E-state index contributed by atoms with van der Waals surface area (Å²) in [6.07, 6.45) is 5.45. The molecule has 88 valence electrons. The highest BCUT2D eigenvalue weighted by molar-refractivity contribution is 9.10. The topological polar surface area (TPSA) is 12.0 Å². The predicted molar refractivity (Wildman–Crippen MR) is 67.8 cm³/mol. The molecule has 0 amide bonds. The standard InChI is InChI=1S/C13H17BrFN/c14-13-5-4-12(15)8-11(13)9-16-7-6-10-2-1-3-10/h4-5,8,10,16H,1-3,6-7,9H2. The van der Waals surface area contributed by atoms with Crippen LogP contribution in [-0.2, 0) is 6.54 Å². The molecule has 2 rings (SSSR count). The highest BCUT2D eigenvalue weighted by Gasteiger charge is 2.16. The van der Waals surface area contributed by atoms with E-state index < -0.39 is 0 Å². The van der Waals surface area contributed by atoms with Gasteiger partial charge in [-0.05, 0) is 42.6 Å². The number of halogens is 2. The summed E-state index contributed by atoms with van der Waals surface area (Å²) < 4.78 is 14.0. The predicted octanol–water partition coefficient (Wildman–Crippen LogP) is 3.87. The van der Waals surface area contributed by atoms with E-state index in [9.17, 15) is 4.39 Å². The van der Waals surface area contributed by atoms with E-state index in [1.54, 1.807) is 12.1 Å². The van der Waals surface area contributed by atoms with Crippen LogP contribution in [0.3, 0.4) is 0 Å². The van der Waals surface area contributed by atoms with Crippen molar-refractivity contribution >= 4 is 15.9 Å². The van der Waals surface area contributed by atoms with Crippen molar-refractivity contribution in [2.45, 2.75) is 32.2 Å². The number of hydrogen-bond acceptors (Lipinski definition) is 1. The molecule has 0 bridgehead atoms. The van der Waals surface area contributed by atoms with Gasteiger partial charge < -0.3 is 5.32 Å². The van der Waals surface area contributed by atoms with Gasteiger partial charge in [-0.1, -0.05) is 35.2 Å². The zero-order valence-corrected chi connectivity index (χ0v) is 10.9. The van der Waals surface area contributed by atoms with Gasteiger partial charge in [0.2, 0.25) is 0 Å². The van der Waals surface area contributed by atoms with Gasteiger partial charge in [0, 0.05) is 11.0 Å². The van der Waals surface area contributed by atoms with Crippen molar-refractivity contribution in [3.05, 3.63) is 34.1 Å². The van der Waals surface area contributed by atoms with E-state index in [0.29, 0.717) is 0 Å². The molecular formula is C13H17BrFN. The Labute approximate surface area is 105 Å². The minimum absolute atomic E-state index is 0.168. The maximum Gasteiger partial charge on any atom is 0.123 e. The lowest BCUT2D eigenvalue weighted by Crippen LogP contribution is -2.21. The summed E-state index contributed by atoms with van der Waals surface area (Å²) in [4.78, 5) is 0. The molecule has 0 aliphatic heterocycles. The summed E-state index contributed by atoms with van der Waals surface area (Å²) in [5, 5.41) is 3.37. The summed E-state index contributed by atoms with van der Waals surface area (Å²) in [5.74, 6) is 0.766. The molecule has 0 radical (unpaired) electrons. The van der Waals surface area contributed by atoms with Crippen molar-refractivity contribution in [2.75, 3.05) is 6.54 Å². The summed E-state index contributed by atoms with van der Waals surface area (Å²) >= 11 is 3.43. The van der Waals surface area contributed by atoms with Gasteiger partial charge in [-0.15, -0.1) is 0 Å². The highest BCUT2D eigenvalue weighted by atomic mass is 79.9. The van der Waals surface area contributed by atoms with Crippen molar-refractivity contribution < 1.29 is 4.39 Å². The Balaban J connectivity index is 1.73. The lowest BCUT2D eigenvalue weighted by Gasteiger charge is -2.25. The van der Waals surface area contributed by atoms with Gasteiger partial charge in [-0.25, -0.2) is 4.39 Å². The van der Waals surface area contributed by atoms with Gasteiger partial charge in [-0.3, -0.25) is 0 Å². The second-order valence-corrected chi connectivity index (χ2v) is 5.35. The van der Waals surface area contributed by atoms with E-state index in [0.717, 1.165) is 29.0 Å². The largest absolute Gasteiger partial charge is 0.313 e. The summed E-state index contributed by atoms with van der Waals surface area (Å²) in [5.41, 5.74) is 0.994. The van der Waals surface area contributed by atoms with Gasteiger partial charge in [0.25, 0.3) is 0 Å². The number of nitrogens with one attached hydrogen (secondary N) is 1. The molecule has 0 spiro atoms. The van der Waals surface area contributed by atoms with Crippen LogP contribution in [0.5, 0.6) is 0 Å². The van der Waals surface area contributed by atoms with E-state index in [1.807, 2.05) is 0 Å². The lowest BCUT2D eigenvalue weighted by atomic mass is 9.83. The first kappa shape index (κ1) is 12.1. The molecule has 1 fully saturated rings. The fourth-order valence-corrected chi connectivity index (χ4v) is 2.38. The molecule has 0 heterocycles. The molecule has 1 saturated carbocycles. The molecule has 1 aromatic rings. The fraction of sp³-hybridized carbons (Fsp3) is 0.538. The Morgan fingerprint density at radius 3 is 2.88 bits per heavy atom. The van der Waals surface area contributed by atoms with E-state index >= 15 is 0 Å². The zero-order valence-electron chi connectivity index (χ0n) is 9.31. The summed E-state index contributed by atoms with van der Waals surface area (Å²) in [7, 11) is 0. The van der Waals surface area contributed by atoms with E-state index in [-0.39, 0.29) is 5.82 Å². The number of benzene rings is 1. The van der Waals surface area contributed by atoms with Crippen molar-refractivity contribution in [1.82, 2.24) is 5.32 Å². The van der Waals surface area contributed by atoms with Gasteiger partial charge >= 0.3 is 0 Å². The SMILES string of the molecule is Fc1ccc(Br)c(CNCCC2CCC2)c1. The quantitative estimate of drug-likeness (QED) is 0.810. The van der Waals surface area contributed by atoms with Crippen LogP contribution in [0.2, 0.25) is 0 Å². The van der Waals surface area contributed by atoms with Crippen molar-refractivity contribution in [3.63, 3.8) is 0 Å². The van der Waals surface area contributed by atoms with Crippen molar-refractivity contribution in [2.24, 2.45) is 5.92 Å². The molecule has 1 aliphatic rings. The molecule has 16 heavy (non-hydrogen) atoms. The first-order valence-corrected chi connectivity index (χ1v) is 6.69. The second-order valence-electron chi connectivity index (χ2n) is 4.50. The monoisotopic (exact) mass is 285 g/mol. The van der Waals surface area contributed by atoms with Crippen LogP contribution in [0.25, 0.3) is 0 Å². The molecule has 1 aliphatic carbocycles. The third-order valence-corrected chi connectivity index (χ3v) is 4.05. The maximum atomic E-state index is 13.0. The van der Waals surface area contributed by atoms with E-state index in [2.05, 4.69) is 21.2 Å². The van der Waals surface area contributed by atoms with Gasteiger partial charge in [0.05, 0.1) is 0 Å². The molecule has 0 aromatic heterocycles. The summed E-state index contributed by atoms with van der Waals surface area (Å²) in [6.45, 7) is 1.78. The zero-order chi connectivity index (χ0) is 11.4. The Bertz CT molecular complexity index is 350. The normalized spacial score (nSPS) is 16.1. The molecule has 1 N–H and O–H groups in total. The van der Waals surface area contributed by atoms with Crippen LogP contribution in [0.1, 0.15) is 31.2 Å². The fourth-order valence-electron chi connectivity index (χ4n) is 1.99. The maximum absolute atomic E-state index is 13.0. The second kappa shape index (κ2) is 5.78. The average Bonchev–Trinajstić information content (AvgIpc) is 2.20. The molecule has 0 atom stereocenters. The molecule has 1 nitrogen and oxygen atoms in total. The number of hydrogen-bond donors (Lipinski definition) is 1. The van der Waals surface area contributed by atoms with Crippen LogP contribution in [0.15, 0.2) is 22.7 Å². The van der Waals surface area contributed by atoms with Crippen LogP contribution in [0.4, 0.5) is 4.39 Å². The molecular weight excluding hydrogens is 269 g/mol. The van der Waals surface area contributed by atoms with Crippen molar-refractivity contribution in [3.8, 4) is 0 Å². The Morgan fingerprint density at radius 2 is 2.19 bits per heavy atom. The Kier molecular flexibility index (Phi) is 4.36. The first-order chi connectivity index (χ1) is 7.75. The van der Waals surface area contributed by atoms with Crippen LogP contribution in [-0.4, -0.2) is 6.54 Å². The third kappa shape index (κ3) is 3.29. The minimum Gasteiger partial charge on any atom is -0.313 e. The van der Waals surface area contributed by atoms with Gasteiger partial charge in [0.15, 0.2) is 0 Å². The summed E-state index contributed by atoms with van der Waals surface area (Å²) in [6, 6.07) is 4.82. The minimum atomic E-state index is -0.168. The van der Waals surface area contributed by atoms with Gasteiger partial charge in [0.1, 0.15) is 5.82 Å². The smallest absolute Gasteiger partial charge is 0.123 e. The molecule has 3 heteroatoms. The Hall–Kier alpha value is -0.410. The van der Waals surface area contributed by atoms with Crippen LogP contribution < -0.4 is 5.32 Å². The van der Waals surface area contributed by atoms with E-state index in [1.165, 1.54) is 31.7 Å². The molecule has 1 aromatic carbocycles. The van der Waals surface area contributed by atoms with E-state index in [4.69, 9.17) is 0 Å². The Morgan fingerprint density at radius 1 is 1.38 bits per heavy atom. The van der Waals surface area contributed by atoms with Crippen molar-refractivity contribution in [1.29, 1.82) is 0 Å². The lowest BCUT2D eigenvalue weighted by molar-refractivity contribution is 0.292. The van der Waals surface area contributed by atoms with Crippen LogP contribution >= 0.6 is 15.9 Å². The molecule has 0 saturated heterocycles. The van der Waals surface area contributed by atoms with Crippen LogP contribution in [0, 0.1) is 11.7 Å². The highest BCUT2D eigenvalue weighted by Crippen LogP contribution is 2.28. The van der Waals surface area contributed by atoms with Gasteiger partial charge in [-0.2, -0.15) is 0 Å². The first-order valence-electron chi connectivity index (χ1n) is 5.90. The third-order valence-electron chi connectivity index (χ3n) is 3.28. The molecule has 0 unspecified atom stereocenters.